The maximum atomic E-state index is 13.1. The van der Waals surface area contributed by atoms with Gasteiger partial charge in [0, 0.05) is 22.8 Å². The number of hydrogen-bond acceptors (Lipinski definition) is 3. The zero-order valence-corrected chi connectivity index (χ0v) is 18.0. The van der Waals surface area contributed by atoms with Gasteiger partial charge in [-0.1, -0.05) is 35.9 Å². The van der Waals surface area contributed by atoms with Crippen LogP contribution in [-0.4, -0.2) is 20.9 Å². The van der Waals surface area contributed by atoms with Gasteiger partial charge in [0.15, 0.2) is 0 Å². The van der Waals surface area contributed by atoms with Gasteiger partial charge < -0.3 is 5.32 Å². The zero-order valence-electron chi connectivity index (χ0n) is 16.4. The number of fused-ring (bicyclic) bond motifs is 1. The van der Waals surface area contributed by atoms with Crippen LogP contribution in [0, 0.1) is 6.92 Å². The van der Waals surface area contributed by atoms with Gasteiger partial charge in [-0.15, -0.1) is 0 Å². The average Bonchev–Trinajstić information content (AvgIpc) is 2.76. The number of sulfonamides is 1. The number of rotatable bonds is 4. The van der Waals surface area contributed by atoms with Crippen LogP contribution in [0.4, 0.5) is 11.4 Å². The van der Waals surface area contributed by atoms with Gasteiger partial charge in [0.25, 0.3) is 15.9 Å². The summed E-state index contributed by atoms with van der Waals surface area (Å²) in [5.41, 5.74) is 3.51. The number of nitrogens with zero attached hydrogens (tertiary/aromatic N) is 1. The molecule has 5 nitrogen and oxygen atoms in total. The molecular formula is C23H21ClN2O3S. The fraction of sp³-hybridized carbons (Fsp3) is 0.174. The summed E-state index contributed by atoms with van der Waals surface area (Å²) in [6, 6.07) is 18.9. The summed E-state index contributed by atoms with van der Waals surface area (Å²) in [5, 5.41) is 3.43. The first-order chi connectivity index (χ1) is 14.4. The standard InChI is InChI=1S/C23H21ClN2O3S/c1-16-9-11-19(24)15-21(16)25-23(27)18-10-12-22-17(14-18)6-5-13-26(22)30(28,29)20-7-3-2-4-8-20/h2-4,7-12,14-15H,5-6,13H2,1H3,(H,25,27). The van der Waals surface area contributed by atoms with Gasteiger partial charge in [0.05, 0.1) is 10.6 Å². The highest BCUT2D eigenvalue weighted by molar-refractivity contribution is 7.92. The summed E-state index contributed by atoms with van der Waals surface area (Å²) >= 11 is 6.04. The van der Waals surface area contributed by atoms with Gasteiger partial charge in [-0.05, 0) is 73.4 Å². The molecule has 3 aromatic carbocycles. The SMILES string of the molecule is Cc1ccc(Cl)cc1NC(=O)c1ccc2c(c1)CCCN2S(=O)(=O)c1ccccc1. The summed E-state index contributed by atoms with van der Waals surface area (Å²) in [7, 11) is -3.65. The van der Waals surface area contributed by atoms with Crippen LogP contribution < -0.4 is 9.62 Å². The fourth-order valence-corrected chi connectivity index (χ4v) is 5.33. The van der Waals surface area contributed by atoms with Crippen LogP contribution in [0.3, 0.4) is 0 Å². The van der Waals surface area contributed by atoms with E-state index in [9.17, 15) is 13.2 Å². The lowest BCUT2D eigenvalue weighted by atomic mass is 10.0. The normalized spacial score (nSPS) is 13.6. The number of hydrogen-bond donors (Lipinski definition) is 1. The number of anilines is 2. The maximum absolute atomic E-state index is 13.1. The Kier molecular flexibility index (Phi) is 5.54. The molecule has 1 aliphatic heterocycles. The summed E-state index contributed by atoms with van der Waals surface area (Å²) in [6.45, 7) is 2.31. The molecule has 0 saturated heterocycles. The molecular weight excluding hydrogens is 420 g/mol. The van der Waals surface area contributed by atoms with Crippen molar-refractivity contribution in [1.82, 2.24) is 0 Å². The van der Waals surface area contributed by atoms with Crippen LogP contribution >= 0.6 is 11.6 Å². The third kappa shape index (κ3) is 3.93. The van der Waals surface area contributed by atoms with Crippen molar-refractivity contribution >= 4 is 38.9 Å². The van der Waals surface area contributed by atoms with Crippen LogP contribution in [-0.2, 0) is 16.4 Å². The van der Waals surface area contributed by atoms with Crippen molar-refractivity contribution in [3.05, 3.63) is 88.4 Å². The third-order valence-corrected chi connectivity index (χ3v) is 7.26. The zero-order chi connectivity index (χ0) is 21.3. The second kappa shape index (κ2) is 8.13. The average molecular weight is 441 g/mol. The van der Waals surface area contributed by atoms with Crippen molar-refractivity contribution in [2.75, 3.05) is 16.2 Å². The largest absolute Gasteiger partial charge is 0.322 e. The van der Waals surface area contributed by atoms with Gasteiger partial charge in [0.2, 0.25) is 0 Å². The van der Waals surface area contributed by atoms with Gasteiger partial charge in [0.1, 0.15) is 0 Å². The van der Waals surface area contributed by atoms with Crippen LogP contribution in [0.1, 0.15) is 27.9 Å². The minimum Gasteiger partial charge on any atom is -0.322 e. The second-order valence-electron chi connectivity index (χ2n) is 7.25. The molecule has 0 bridgehead atoms. The van der Waals surface area contributed by atoms with Crippen molar-refractivity contribution in [3.63, 3.8) is 0 Å². The first kappa shape index (κ1) is 20.4. The smallest absolute Gasteiger partial charge is 0.264 e. The Hall–Kier alpha value is -2.83. The van der Waals surface area contributed by atoms with Gasteiger partial charge in [-0.25, -0.2) is 8.42 Å². The summed E-state index contributed by atoms with van der Waals surface area (Å²) in [5.74, 6) is -0.258. The molecule has 4 rings (SSSR count). The van der Waals surface area contributed by atoms with Gasteiger partial charge in [-0.3, -0.25) is 9.10 Å². The molecule has 1 aliphatic rings. The maximum Gasteiger partial charge on any atom is 0.264 e. The van der Waals surface area contributed by atoms with Crippen LogP contribution in [0.15, 0.2) is 71.6 Å². The van der Waals surface area contributed by atoms with E-state index < -0.39 is 10.0 Å². The van der Waals surface area contributed by atoms with Crippen molar-refractivity contribution in [2.45, 2.75) is 24.7 Å². The molecule has 7 heteroatoms. The Balaban J connectivity index is 1.64. The minimum absolute atomic E-state index is 0.258. The van der Waals surface area contributed by atoms with E-state index in [0.29, 0.717) is 41.3 Å². The molecule has 0 spiro atoms. The molecule has 30 heavy (non-hydrogen) atoms. The van der Waals surface area contributed by atoms with Crippen molar-refractivity contribution in [2.24, 2.45) is 0 Å². The molecule has 3 aromatic rings. The molecule has 0 radical (unpaired) electrons. The van der Waals surface area contributed by atoms with E-state index >= 15 is 0 Å². The molecule has 1 heterocycles. The van der Waals surface area contributed by atoms with Crippen molar-refractivity contribution in [1.29, 1.82) is 0 Å². The number of benzene rings is 3. The topological polar surface area (TPSA) is 66.5 Å². The highest BCUT2D eigenvalue weighted by atomic mass is 35.5. The Morgan fingerprint density at radius 1 is 1.03 bits per heavy atom. The quantitative estimate of drug-likeness (QED) is 0.617. The fourth-order valence-electron chi connectivity index (χ4n) is 3.60. The number of nitrogens with one attached hydrogen (secondary N) is 1. The van der Waals surface area contributed by atoms with E-state index in [0.717, 1.165) is 11.1 Å². The molecule has 0 unspecified atom stereocenters. The lowest BCUT2D eigenvalue weighted by Gasteiger charge is -2.30. The molecule has 154 valence electrons. The lowest BCUT2D eigenvalue weighted by molar-refractivity contribution is 0.102. The van der Waals surface area contributed by atoms with E-state index in [4.69, 9.17) is 11.6 Å². The third-order valence-electron chi connectivity index (χ3n) is 5.20. The Bertz CT molecular complexity index is 1210. The molecule has 0 aromatic heterocycles. The second-order valence-corrected chi connectivity index (χ2v) is 9.55. The highest BCUT2D eigenvalue weighted by Crippen LogP contribution is 2.33. The van der Waals surface area contributed by atoms with Crippen LogP contribution in [0.25, 0.3) is 0 Å². The van der Waals surface area contributed by atoms with Crippen molar-refractivity contribution in [3.8, 4) is 0 Å². The minimum atomic E-state index is -3.65. The number of amides is 1. The van der Waals surface area contributed by atoms with E-state index in [-0.39, 0.29) is 10.8 Å². The van der Waals surface area contributed by atoms with E-state index in [1.165, 1.54) is 4.31 Å². The first-order valence-corrected chi connectivity index (χ1v) is 11.5. The summed E-state index contributed by atoms with van der Waals surface area (Å²) < 4.78 is 27.7. The van der Waals surface area contributed by atoms with Gasteiger partial charge >= 0.3 is 0 Å². The molecule has 1 amide bonds. The van der Waals surface area contributed by atoms with E-state index in [2.05, 4.69) is 5.32 Å². The first-order valence-electron chi connectivity index (χ1n) is 9.64. The van der Waals surface area contributed by atoms with Crippen LogP contribution in [0.5, 0.6) is 0 Å². The predicted octanol–water partition coefficient (Wildman–Crippen LogP) is 5.04. The molecule has 0 aliphatic carbocycles. The molecule has 0 fully saturated rings. The van der Waals surface area contributed by atoms with E-state index in [1.807, 2.05) is 13.0 Å². The number of aryl methyl sites for hydroxylation is 2. The Morgan fingerprint density at radius 3 is 2.57 bits per heavy atom. The van der Waals surface area contributed by atoms with Gasteiger partial charge in [-0.2, -0.15) is 0 Å². The van der Waals surface area contributed by atoms with E-state index in [1.54, 1.807) is 60.7 Å². The molecule has 1 N–H and O–H groups in total. The highest BCUT2D eigenvalue weighted by Gasteiger charge is 2.29. The Morgan fingerprint density at radius 2 is 1.80 bits per heavy atom. The predicted molar refractivity (Wildman–Crippen MR) is 120 cm³/mol. The van der Waals surface area contributed by atoms with Crippen molar-refractivity contribution < 1.29 is 13.2 Å². The number of halogens is 1. The summed E-state index contributed by atoms with van der Waals surface area (Å²) in [6.07, 6.45) is 1.41. The summed E-state index contributed by atoms with van der Waals surface area (Å²) in [4.78, 5) is 13.0. The number of carbonyl (C=O) groups is 1. The molecule has 0 saturated carbocycles. The number of carbonyl (C=O) groups excluding carboxylic acids is 1. The van der Waals surface area contributed by atoms with Crippen LogP contribution in [0.2, 0.25) is 5.02 Å². The Labute approximate surface area is 181 Å². The monoisotopic (exact) mass is 440 g/mol. The lowest BCUT2D eigenvalue weighted by Crippen LogP contribution is -2.35. The molecule has 0 atom stereocenters.